The zero-order valence-corrected chi connectivity index (χ0v) is 18.7. The van der Waals surface area contributed by atoms with Gasteiger partial charge in [0.1, 0.15) is 11.5 Å². The van der Waals surface area contributed by atoms with Gasteiger partial charge in [-0.05, 0) is 67.8 Å². The van der Waals surface area contributed by atoms with Crippen molar-refractivity contribution in [3.05, 3.63) is 76.5 Å². The summed E-state index contributed by atoms with van der Waals surface area (Å²) < 4.78 is 74.8. The van der Waals surface area contributed by atoms with Gasteiger partial charge in [0.15, 0.2) is 15.6 Å². The van der Waals surface area contributed by atoms with Gasteiger partial charge in [0.05, 0.1) is 10.5 Å². The molecule has 172 valence electrons. The van der Waals surface area contributed by atoms with Crippen LogP contribution in [-0.2, 0) is 21.8 Å². The molecule has 6 nitrogen and oxygen atoms in total. The summed E-state index contributed by atoms with van der Waals surface area (Å²) in [6.07, 6.45) is -4.44. The maximum atomic E-state index is 12.9. The molecule has 33 heavy (non-hydrogen) atoms. The maximum Gasteiger partial charge on any atom is 0.416 e. The van der Waals surface area contributed by atoms with E-state index in [4.69, 9.17) is 8.94 Å². The average molecular weight is 476 g/mol. The van der Waals surface area contributed by atoms with Gasteiger partial charge in [-0.25, -0.2) is 8.42 Å². The molecule has 0 radical (unpaired) electrons. The standard InChI is InChI=1S/C23H19F3N2O4S/c1-13-10-15(3)20(11-14(13)2)33(29,30)12-18-8-9-19(31-18)22-27-21(28-32-22)16-4-6-17(7-5-16)23(24,25)26/h4-11H,12H2,1-3H3. The number of benzene rings is 2. The first-order valence-corrected chi connectivity index (χ1v) is 11.5. The van der Waals surface area contributed by atoms with Gasteiger partial charge in [-0.15, -0.1) is 0 Å². The molecule has 4 aromatic rings. The van der Waals surface area contributed by atoms with E-state index in [2.05, 4.69) is 10.1 Å². The van der Waals surface area contributed by atoms with Gasteiger partial charge >= 0.3 is 6.18 Å². The van der Waals surface area contributed by atoms with Crippen molar-refractivity contribution in [3.8, 4) is 23.0 Å². The Morgan fingerprint density at radius 3 is 2.24 bits per heavy atom. The molecule has 0 spiro atoms. The summed E-state index contributed by atoms with van der Waals surface area (Å²) >= 11 is 0. The fraction of sp³-hybridized carbons (Fsp3) is 0.217. The summed E-state index contributed by atoms with van der Waals surface area (Å²) in [6.45, 7) is 5.51. The summed E-state index contributed by atoms with van der Waals surface area (Å²) in [4.78, 5) is 4.39. The van der Waals surface area contributed by atoms with E-state index >= 15 is 0 Å². The number of rotatable bonds is 5. The Hall–Kier alpha value is -3.40. The molecule has 10 heteroatoms. The number of hydrogen-bond donors (Lipinski definition) is 0. The largest absolute Gasteiger partial charge is 0.455 e. The monoisotopic (exact) mass is 476 g/mol. The number of furan rings is 1. The van der Waals surface area contributed by atoms with Crippen LogP contribution in [0, 0.1) is 20.8 Å². The van der Waals surface area contributed by atoms with Crippen LogP contribution in [0.2, 0.25) is 0 Å². The Balaban J connectivity index is 1.55. The summed E-state index contributed by atoms with van der Waals surface area (Å²) in [5.74, 6) is 0.0570. The molecule has 2 aromatic carbocycles. The Bertz CT molecular complexity index is 1420. The minimum Gasteiger partial charge on any atom is -0.455 e. The molecule has 0 atom stereocenters. The molecular formula is C23H19F3N2O4S. The van der Waals surface area contributed by atoms with Crippen molar-refractivity contribution in [1.82, 2.24) is 10.1 Å². The number of sulfone groups is 1. The molecule has 0 aliphatic rings. The van der Waals surface area contributed by atoms with Gasteiger partial charge in [0, 0.05) is 5.56 Å². The molecule has 4 rings (SSSR count). The van der Waals surface area contributed by atoms with Crippen molar-refractivity contribution in [2.75, 3.05) is 0 Å². The number of hydrogen-bond acceptors (Lipinski definition) is 6. The highest BCUT2D eigenvalue weighted by Crippen LogP contribution is 2.31. The smallest absolute Gasteiger partial charge is 0.416 e. The van der Waals surface area contributed by atoms with Crippen LogP contribution >= 0.6 is 0 Å². The first-order valence-electron chi connectivity index (χ1n) is 9.85. The molecule has 0 bridgehead atoms. The summed E-state index contributed by atoms with van der Waals surface area (Å²) in [6, 6.07) is 10.8. The second kappa shape index (κ2) is 8.18. The number of alkyl halides is 3. The molecule has 0 aliphatic heterocycles. The van der Waals surface area contributed by atoms with Crippen molar-refractivity contribution in [3.63, 3.8) is 0 Å². The summed E-state index contributed by atoms with van der Waals surface area (Å²) in [5.41, 5.74) is 2.08. The summed E-state index contributed by atoms with van der Waals surface area (Å²) in [7, 11) is -3.66. The topological polar surface area (TPSA) is 86.2 Å². The van der Waals surface area contributed by atoms with Gasteiger partial charge in [-0.1, -0.05) is 23.4 Å². The van der Waals surface area contributed by atoms with Crippen molar-refractivity contribution in [2.24, 2.45) is 0 Å². The maximum absolute atomic E-state index is 12.9. The second-order valence-electron chi connectivity index (χ2n) is 7.73. The molecule has 0 unspecified atom stereocenters. The Kier molecular flexibility index (Phi) is 5.65. The Morgan fingerprint density at radius 2 is 1.58 bits per heavy atom. The quantitative estimate of drug-likeness (QED) is 0.356. The van der Waals surface area contributed by atoms with Gasteiger partial charge in [-0.2, -0.15) is 18.2 Å². The molecule has 0 amide bonds. The fourth-order valence-corrected chi connectivity index (χ4v) is 4.94. The van der Waals surface area contributed by atoms with E-state index in [0.717, 1.165) is 23.3 Å². The van der Waals surface area contributed by atoms with Crippen LogP contribution in [0.1, 0.15) is 28.0 Å². The second-order valence-corrected chi connectivity index (χ2v) is 9.68. The van der Waals surface area contributed by atoms with E-state index < -0.39 is 21.6 Å². The van der Waals surface area contributed by atoms with Gasteiger partial charge in [0.2, 0.25) is 5.82 Å². The first-order chi connectivity index (χ1) is 15.4. The van der Waals surface area contributed by atoms with Crippen LogP contribution in [0.25, 0.3) is 23.0 Å². The summed E-state index contributed by atoms with van der Waals surface area (Å²) in [5, 5.41) is 3.77. The van der Waals surface area contributed by atoms with Gasteiger partial charge in [0.25, 0.3) is 5.89 Å². The van der Waals surface area contributed by atoms with Crippen LogP contribution < -0.4 is 0 Å². The molecule has 2 aromatic heterocycles. The highest BCUT2D eigenvalue weighted by Gasteiger charge is 2.30. The van der Waals surface area contributed by atoms with E-state index in [9.17, 15) is 21.6 Å². The van der Waals surface area contributed by atoms with E-state index in [1.807, 2.05) is 19.9 Å². The lowest BCUT2D eigenvalue weighted by atomic mass is 10.1. The van der Waals surface area contributed by atoms with Gasteiger partial charge < -0.3 is 8.94 Å². The van der Waals surface area contributed by atoms with Crippen LogP contribution in [0.5, 0.6) is 0 Å². The molecule has 0 aliphatic carbocycles. The first kappa shape index (κ1) is 22.8. The molecule has 0 fully saturated rings. The van der Waals surface area contributed by atoms with E-state index in [0.29, 0.717) is 11.1 Å². The lowest BCUT2D eigenvalue weighted by Gasteiger charge is -2.10. The molecule has 0 N–H and O–H groups in total. The van der Waals surface area contributed by atoms with Crippen molar-refractivity contribution >= 4 is 9.84 Å². The third-order valence-electron chi connectivity index (χ3n) is 5.23. The third-order valence-corrected chi connectivity index (χ3v) is 7.00. The molecule has 0 saturated heterocycles. The van der Waals surface area contributed by atoms with Crippen LogP contribution in [-0.4, -0.2) is 18.6 Å². The van der Waals surface area contributed by atoms with Crippen molar-refractivity contribution in [2.45, 2.75) is 37.6 Å². The molecule has 0 saturated carbocycles. The van der Waals surface area contributed by atoms with Crippen LogP contribution in [0.15, 0.2) is 62.4 Å². The number of halogens is 3. The number of aromatic nitrogens is 2. The van der Waals surface area contributed by atoms with Crippen LogP contribution in [0.3, 0.4) is 0 Å². The van der Waals surface area contributed by atoms with Crippen molar-refractivity contribution in [1.29, 1.82) is 0 Å². The third kappa shape index (κ3) is 4.70. The highest BCUT2D eigenvalue weighted by molar-refractivity contribution is 7.90. The van der Waals surface area contributed by atoms with Crippen LogP contribution in [0.4, 0.5) is 13.2 Å². The average Bonchev–Trinajstić information content (AvgIpc) is 3.39. The minimum atomic E-state index is -4.44. The predicted molar refractivity (Wildman–Crippen MR) is 114 cm³/mol. The lowest BCUT2D eigenvalue weighted by molar-refractivity contribution is -0.137. The van der Waals surface area contributed by atoms with E-state index in [-0.39, 0.29) is 33.9 Å². The number of nitrogens with zero attached hydrogens (tertiary/aromatic N) is 2. The molecule has 2 heterocycles. The fourth-order valence-electron chi connectivity index (χ4n) is 3.35. The Morgan fingerprint density at radius 1 is 0.909 bits per heavy atom. The van der Waals surface area contributed by atoms with E-state index in [1.54, 1.807) is 13.0 Å². The zero-order chi connectivity index (χ0) is 24.0. The SMILES string of the molecule is Cc1cc(C)c(S(=O)(=O)Cc2ccc(-c3nc(-c4ccc(C(F)(F)F)cc4)no3)o2)cc1C. The number of aryl methyl sites for hydroxylation is 3. The Labute approximate surface area is 188 Å². The van der Waals surface area contributed by atoms with E-state index in [1.165, 1.54) is 24.3 Å². The van der Waals surface area contributed by atoms with Crippen molar-refractivity contribution < 1.29 is 30.5 Å². The predicted octanol–water partition coefficient (Wildman–Crippen LogP) is 5.91. The molecular weight excluding hydrogens is 457 g/mol. The normalized spacial score (nSPS) is 12.3. The van der Waals surface area contributed by atoms with Gasteiger partial charge in [-0.3, -0.25) is 0 Å². The highest BCUT2D eigenvalue weighted by atomic mass is 32.2. The lowest BCUT2D eigenvalue weighted by Crippen LogP contribution is -2.07. The zero-order valence-electron chi connectivity index (χ0n) is 17.9. The minimum absolute atomic E-state index is 0.0177.